The second kappa shape index (κ2) is 7.25. The van der Waals surface area contributed by atoms with Gasteiger partial charge in [0.1, 0.15) is 5.75 Å². The summed E-state index contributed by atoms with van der Waals surface area (Å²) in [5.41, 5.74) is 0.885. The molecule has 2 aliphatic heterocycles. The molecule has 4 rings (SSSR count). The van der Waals surface area contributed by atoms with Gasteiger partial charge in [0.25, 0.3) is 11.8 Å². The quantitative estimate of drug-likeness (QED) is 0.833. The van der Waals surface area contributed by atoms with E-state index in [2.05, 4.69) is 5.32 Å². The molecule has 1 fully saturated rings. The Labute approximate surface area is 162 Å². The second-order valence-corrected chi connectivity index (χ2v) is 8.50. The molecule has 0 bridgehead atoms. The van der Waals surface area contributed by atoms with Crippen LogP contribution in [0.25, 0.3) is 0 Å². The summed E-state index contributed by atoms with van der Waals surface area (Å²) in [5.74, 6) is 0.0473. The minimum absolute atomic E-state index is 0.0435. The summed E-state index contributed by atoms with van der Waals surface area (Å²) in [5, 5.41) is 2.68. The number of hydrogen-bond acceptors (Lipinski definition) is 5. The van der Waals surface area contributed by atoms with Gasteiger partial charge in [-0.25, -0.2) is 8.42 Å². The van der Waals surface area contributed by atoms with E-state index in [1.54, 1.807) is 53.4 Å². The highest BCUT2D eigenvalue weighted by Crippen LogP contribution is 2.29. The molecule has 2 heterocycles. The number of benzene rings is 2. The monoisotopic (exact) mass is 401 g/mol. The predicted molar refractivity (Wildman–Crippen MR) is 102 cm³/mol. The van der Waals surface area contributed by atoms with E-state index in [-0.39, 0.29) is 36.4 Å². The number of ether oxygens (including phenoxy) is 1. The first-order valence-electron chi connectivity index (χ1n) is 8.86. The maximum absolute atomic E-state index is 12.8. The standard InChI is InChI=1S/C19H19N3O5S/c23-18-13-27-17-7-6-14(12-16(17)20-18)19(24)21-8-10-22(11-9-21)28(25,26)15-4-2-1-3-5-15/h1-7,12H,8-11,13H2,(H,20,23). The lowest BCUT2D eigenvalue weighted by Gasteiger charge is -2.34. The zero-order chi connectivity index (χ0) is 19.7. The van der Waals surface area contributed by atoms with Gasteiger partial charge in [0.15, 0.2) is 6.61 Å². The van der Waals surface area contributed by atoms with Crippen LogP contribution in [0.15, 0.2) is 53.4 Å². The number of hydrogen-bond donors (Lipinski definition) is 1. The molecule has 2 aromatic carbocycles. The maximum Gasteiger partial charge on any atom is 0.262 e. The van der Waals surface area contributed by atoms with Crippen molar-refractivity contribution in [3.05, 3.63) is 54.1 Å². The molecule has 2 aromatic rings. The van der Waals surface area contributed by atoms with Gasteiger partial charge in [-0.3, -0.25) is 9.59 Å². The van der Waals surface area contributed by atoms with Gasteiger partial charge < -0.3 is 15.0 Å². The largest absolute Gasteiger partial charge is 0.482 e. The molecule has 1 saturated heterocycles. The SMILES string of the molecule is O=C1COc2ccc(C(=O)N3CCN(S(=O)(=O)c4ccccc4)CC3)cc2N1. The van der Waals surface area contributed by atoms with E-state index in [9.17, 15) is 18.0 Å². The molecule has 0 aliphatic carbocycles. The van der Waals surface area contributed by atoms with E-state index in [1.165, 1.54) is 4.31 Å². The van der Waals surface area contributed by atoms with Gasteiger partial charge in [0, 0.05) is 31.7 Å². The molecule has 8 nitrogen and oxygen atoms in total. The molecule has 0 radical (unpaired) electrons. The van der Waals surface area contributed by atoms with Crippen molar-refractivity contribution < 1.29 is 22.7 Å². The first kappa shape index (κ1) is 18.5. The molecule has 28 heavy (non-hydrogen) atoms. The van der Waals surface area contributed by atoms with Crippen molar-refractivity contribution in [1.82, 2.24) is 9.21 Å². The van der Waals surface area contributed by atoms with Crippen molar-refractivity contribution in [2.45, 2.75) is 4.90 Å². The van der Waals surface area contributed by atoms with E-state index >= 15 is 0 Å². The van der Waals surface area contributed by atoms with Gasteiger partial charge in [0.05, 0.1) is 10.6 Å². The smallest absolute Gasteiger partial charge is 0.262 e. The minimum Gasteiger partial charge on any atom is -0.482 e. The molecular weight excluding hydrogens is 382 g/mol. The minimum atomic E-state index is -3.56. The Morgan fingerprint density at radius 1 is 1.00 bits per heavy atom. The van der Waals surface area contributed by atoms with Crippen LogP contribution in [-0.4, -0.2) is 62.2 Å². The van der Waals surface area contributed by atoms with Crippen LogP contribution in [-0.2, 0) is 14.8 Å². The molecule has 1 N–H and O–H groups in total. The number of anilines is 1. The van der Waals surface area contributed by atoms with E-state index < -0.39 is 10.0 Å². The molecule has 0 unspecified atom stereocenters. The van der Waals surface area contributed by atoms with Gasteiger partial charge in [-0.05, 0) is 30.3 Å². The molecule has 0 spiro atoms. The van der Waals surface area contributed by atoms with E-state index in [0.717, 1.165) is 0 Å². The van der Waals surface area contributed by atoms with Gasteiger partial charge in [-0.2, -0.15) is 4.31 Å². The molecule has 0 atom stereocenters. The number of amides is 2. The van der Waals surface area contributed by atoms with Crippen LogP contribution in [0.2, 0.25) is 0 Å². The zero-order valence-electron chi connectivity index (χ0n) is 15.0. The van der Waals surface area contributed by atoms with Crippen LogP contribution in [0, 0.1) is 0 Å². The Bertz CT molecular complexity index is 1020. The lowest BCUT2D eigenvalue weighted by molar-refractivity contribution is -0.118. The number of nitrogens with zero attached hydrogens (tertiary/aromatic N) is 2. The molecule has 2 aliphatic rings. The van der Waals surface area contributed by atoms with Crippen LogP contribution in [0.3, 0.4) is 0 Å². The van der Waals surface area contributed by atoms with Crippen molar-refractivity contribution in [1.29, 1.82) is 0 Å². The highest BCUT2D eigenvalue weighted by Gasteiger charge is 2.30. The number of carbonyl (C=O) groups excluding carboxylic acids is 2. The molecule has 0 aromatic heterocycles. The van der Waals surface area contributed by atoms with Gasteiger partial charge in [0.2, 0.25) is 10.0 Å². The Morgan fingerprint density at radius 2 is 1.71 bits per heavy atom. The summed E-state index contributed by atoms with van der Waals surface area (Å²) in [6.45, 7) is 1.01. The normalized spacial score (nSPS) is 17.4. The van der Waals surface area contributed by atoms with Gasteiger partial charge in [-0.1, -0.05) is 18.2 Å². The number of piperazine rings is 1. The fourth-order valence-electron chi connectivity index (χ4n) is 3.27. The third-order valence-corrected chi connectivity index (χ3v) is 6.68. The van der Waals surface area contributed by atoms with Crippen LogP contribution >= 0.6 is 0 Å². The summed E-state index contributed by atoms with van der Waals surface area (Å²) in [4.78, 5) is 26.1. The van der Waals surface area contributed by atoms with Crippen molar-refractivity contribution in [3.63, 3.8) is 0 Å². The lowest BCUT2D eigenvalue weighted by Crippen LogP contribution is -2.50. The average molecular weight is 401 g/mol. The number of fused-ring (bicyclic) bond motifs is 1. The topological polar surface area (TPSA) is 96.0 Å². The Morgan fingerprint density at radius 3 is 2.43 bits per heavy atom. The molecule has 2 amide bonds. The Hall–Kier alpha value is -2.91. The summed E-state index contributed by atoms with van der Waals surface area (Å²) < 4.78 is 32.1. The first-order chi connectivity index (χ1) is 13.4. The summed E-state index contributed by atoms with van der Waals surface area (Å²) in [6.07, 6.45) is 0. The molecule has 0 saturated carbocycles. The van der Waals surface area contributed by atoms with Gasteiger partial charge >= 0.3 is 0 Å². The number of rotatable bonds is 3. The lowest BCUT2D eigenvalue weighted by atomic mass is 10.1. The molecule has 9 heteroatoms. The van der Waals surface area contributed by atoms with E-state index in [1.807, 2.05) is 0 Å². The fourth-order valence-corrected chi connectivity index (χ4v) is 4.72. The van der Waals surface area contributed by atoms with Crippen molar-refractivity contribution in [2.24, 2.45) is 0 Å². The zero-order valence-corrected chi connectivity index (χ0v) is 15.8. The van der Waals surface area contributed by atoms with Crippen molar-refractivity contribution in [2.75, 3.05) is 38.1 Å². The second-order valence-electron chi connectivity index (χ2n) is 6.56. The van der Waals surface area contributed by atoms with E-state index in [0.29, 0.717) is 30.1 Å². The van der Waals surface area contributed by atoms with Crippen LogP contribution in [0.1, 0.15) is 10.4 Å². The number of sulfonamides is 1. The van der Waals surface area contributed by atoms with E-state index in [4.69, 9.17) is 4.74 Å². The molecule has 146 valence electrons. The molecular formula is C19H19N3O5S. The van der Waals surface area contributed by atoms with Crippen molar-refractivity contribution >= 4 is 27.5 Å². The number of nitrogens with one attached hydrogen (secondary N) is 1. The Balaban J connectivity index is 1.45. The summed E-state index contributed by atoms with van der Waals surface area (Å²) in [6, 6.07) is 13.1. The predicted octanol–water partition coefficient (Wildman–Crippen LogP) is 1.16. The van der Waals surface area contributed by atoms with Gasteiger partial charge in [-0.15, -0.1) is 0 Å². The third kappa shape index (κ3) is 3.46. The summed E-state index contributed by atoms with van der Waals surface area (Å²) in [7, 11) is -3.56. The van der Waals surface area contributed by atoms with Crippen LogP contribution in [0.5, 0.6) is 5.75 Å². The Kier molecular flexibility index (Phi) is 4.78. The fraction of sp³-hybridized carbons (Fsp3) is 0.263. The highest BCUT2D eigenvalue weighted by atomic mass is 32.2. The number of carbonyl (C=O) groups is 2. The maximum atomic E-state index is 12.8. The first-order valence-corrected chi connectivity index (χ1v) is 10.3. The third-order valence-electron chi connectivity index (χ3n) is 4.77. The highest BCUT2D eigenvalue weighted by molar-refractivity contribution is 7.89. The van der Waals surface area contributed by atoms with Crippen LogP contribution < -0.4 is 10.1 Å². The average Bonchev–Trinajstić information content (AvgIpc) is 2.73. The van der Waals surface area contributed by atoms with Crippen LogP contribution in [0.4, 0.5) is 5.69 Å². The van der Waals surface area contributed by atoms with Crippen molar-refractivity contribution in [3.8, 4) is 5.75 Å². The summed E-state index contributed by atoms with van der Waals surface area (Å²) >= 11 is 0.